The van der Waals surface area contributed by atoms with Crippen molar-refractivity contribution in [3.63, 3.8) is 0 Å². The van der Waals surface area contributed by atoms with Gasteiger partial charge in [-0.05, 0) is 18.9 Å². The fourth-order valence-corrected chi connectivity index (χ4v) is 3.09. The van der Waals surface area contributed by atoms with Gasteiger partial charge in [-0.1, -0.05) is 18.2 Å². The number of rotatable bonds is 6. The molecule has 1 unspecified atom stereocenters. The number of carbonyl (C=O) groups excluding carboxylic acids is 2. The van der Waals surface area contributed by atoms with Crippen molar-refractivity contribution in [2.75, 3.05) is 32.2 Å². The van der Waals surface area contributed by atoms with E-state index in [-0.39, 0.29) is 18.6 Å². The molecule has 1 N–H and O–H groups in total. The SMILES string of the molecule is COC(=O)c1c(NC(=O)COCC2CCCO2)c2ccccc2n1C. The lowest BCUT2D eigenvalue weighted by atomic mass is 10.2. The molecule has 1 atom stereocenters. The number of hydrogen-bond donors (Lipinski definition) is 1. The quantitative estimate of drug-likeness (QED) is 0.811. The minimum absolute atomic E-state index is 0.0657. The van der Waals surface area contributed by atoms with Gasteiger partial charge in [-0.2, -0.15) is 0 Å². The van der Waals surface area contributed by atoms with Crippen LogP contribution in [-0.2, 0) is 26.1 Å². The topological polar surface area (TPSA) is 78.8 Å². The number of nitrogens with one attached hydrogen (secondary N) is 1. The van der Waals surface area contributed by atoms with Gasteiger partial charge in [0.25, 0.3) is 0 Å². The van der Waals surface area contributed by atoms with Crippen LogP contribution < -0.4 is 5.32 Å². The zero-order valence-corrected chi connectivity index (χ0v) is 14.4. The van der Waals surface area contributed by atoms with E-state index in [4.69, 9.17) is 14.2 Å². The van der Waals surface area contributed by atoms with E-state index < -0.39 is 5.97 Å². The number of esters is 1. The Morgan fingerprint density at radius 2 is 2.16 bits per heavy atom. The summed E-state index contributed by atoms with van der Waals surface area (Å²) in [5.74, 6) is -0.825. The fraction of sp³-hybridized carbons (Fsp3) is 0.444. The number of fused-ring (bicyclic) bond motifs is 1. The number of nitrogens with zero attached hydrogens (tertiary/aromatic N) is 1. The zero-order chi connectivity index (χ0) is 17.8. The van der Waals surface area contributed by atoms with Crippen molar-refractivity contribution in [3.05, 3.63) is 30.0 Å². The third kappa shape index (κ3) is 3.67. The summed E-state index contributed by atoms with van der Waals surface area (Å²) in [5, 5.41) is 3.56. The van der Waals surface area contributed by atoms with Crippen molar-refractivity contribution in [3.8, 4) is 0 Å². The number of benzene rings is 1. The van der Waals surface area contributed by atoms with Gasteiger partial charge >= 0.3 is 5.97 Å². The fourth-order valence-electron chi connectivity index (χ4n) is 3.09. The summed E-state index contributed by atoms with van der Waals surface area (Å²) in [7, 11) is 3.08. The number of aryl methyl sites for hydroxylation is 1. The summed E-state index contributed by atoms with van der Waals surface area (Å²) in [6.07, 6.45) is 2.05. The Bertz CT molecular complexity index is 777. The Kier molecular flexibility index (Phi) is 5.35. The van der Waals surface area contributed by atoms with Crippen molar-refractivity contribution < 1.29 is 23.8 Å². The van der Waals surface area contributed by atoms with Crippen LogP contribution in [0.3, 0.4) is 0 Å². The van der Waals surface area contributed by atoms with Gasteiger partial charge in [0.1, 0.15) is 6.61 Å². The standard InChI is InChI=1S/C18H22N2O5/c1-20-14-8-4-3-7-13(14)16(17(20)18(22)23-2)19-15(21)11-24-10-12-6-5-9-25-12/h3-4,7-8,12H,5-6,9-11H2,1-2H3,(H,19,21). The molecule has 1 aliphatic rings. The first kappa shape index (κ1) is 17.4. The number of methoxy groups -OCH3 is 1. The molecule has 1 fully saturated rings. The first-order valence-corrected chi connectivity index (χ1v) is 8.26. The molecule has 1 aromatic heterocycles. The van der Waals surface area contributed by atoms with Gasteiger partial charge in [-0.25, -0.2) is 4.79 Å². The van der Waals surface area contributed by atoms with Gasteiger partial charge < -0.3 is 24.1 Å². The number of anilines is 1. The zero-order valence-electron chi connectivity index (χ0n) is 14.4. The Labute approximate surface area is 145 Å². The molecule has 1 amide bonds. The Morgan fingerprint density at radius 3 is 2.88 bits per heavy atom. The number of para-hydroxylation sites is 1. The van der Waals surface area contributed by atoms with Crippen molar-refractivity contribution in [1.29, 1.82) is 0 Å². The average molecular weight is 346 g/mol. The van der Waals surface area contributed by atoms with Crippen molar-refractivity contribution >= 4 is 28.5 Å². The highest BCUT2D eigenvalue weighted by molar-refractivity contribution is 6.11. The molecule has 2 heterocycles. The van der Waals surface area contributed by atoms with E-state index in [1.54, 1.807) is 11.6 Å². The second-order valence-corrected chi connectivity index (χ2v) is 5.99. The van der Waals surface area contributed by atoms with Crippen LogP contribution in [-0.4, -0.2) is 49.5 Å². The second kappa shape index (κ2) is 7.67. The van der Waals surface area contributed by atoms with Crippen molar-refractivity contribution in [2.45, 2.75) is 18.9 Å². The Morgan fingerprint density at radius 1 is 1.36 bits per heavy atom. The molecule has 1 saturated heterocycles. The lowest BCUT2D eigenvalue weighted by Crippen LogP contribution is -2.23. The molecule has 0 saturated carbocycles. The van der Waals surface area contributed by atoms with Gasteiger partial charge in [0.2, 0.25) is 5.91 Å². The van der Waals surface area contributed by atoms with Crippen LogP contribution in [0.25, 0.3) is 10.9 Å². The predicted octanol–water partition coefficient (Wildman–Crippen LogP) is 2.10. The highest BCUT2D eigenvalue weighted by Crippen LogP contribution is 2.30. The number of amides is 1. The summed E-state index contributed by atoms with van der Waals surface area (Å²) in [6, 6.07) is 7.46. The predicted molar refractivity (Wildman–Crippen MR) is 92.7 cm³/mol. The number of ether oxygens (including phenoxy) is 3. The minimum atomic E-state index is -0.505. The third-order valence-corrected chi connectivity index (χ3v) is 4.31. The van der Waals surface area contributed by atoms with E-state index in [9.17, 15) is 9.59 Å². The molecule has 0 spiro atoms. The monoisotopic (exact) mass is 346 g/mol. The summed E-state index contributed by atoms with van der Waals surface area (Å²) in [5.41, 5.74) is 1.57. The molecule has 134 valence electrons. The van der Waals surface area contributed by atoms with Crippen LogP contribution in [0.4, 0.5) is 5.69 Å². The van der Waals surface area contributed by atoms with Gasteiger partial charge in [-0.15, -0.1) is 0 Å². The summed E-state index contributed by atoms with van der Waals surface area (Å²) < 4.78 is 17.5. The van der Waals surface area contributed by atoms with Crippen LogP contribution in [0.5, 0.6) is 0 Å². The summed E-state index contributed by atoms with van der Waals surface area (Å²) >= 11 is 0. The van der Waals surface area contributed by atoms with Crippen molar-refractivity contribution in [2.24, 2.45) is 7.05 Å². The Hall–Kier alpha value is -2.38. The van der Waals surface area contributed by atoms with Crippen LogP contribution in [0, 0.1) is 0 Å². The Balaban J connectivity index is 1.75. The maximum atomic E-state index is 12.3. The first-order valence-electron chi connectivity index (χ1n) is 8.26. The molecule has 7 nitrogen and oxygen atoms in total. The highest BCUT2D eigenvalue weighted by Gasteiger charge is 2.23. The number of aromatic nitrogens is 1. The summed E-state index contributed by atoms with van der Waals surface area (Å²) in [4.78, 5) is 24.4. The molecule has 1 aromatic carbocycles. The number of hydrogen-bond acceptors (Lipinski definition) is 5. The average Bonchev–Trinajstić information content (AvgIpc) is 3.22. The largest absolute Gasteiger partial charge is 0.464 e. The van der Waals surface area contributed by atoms with E-state index in [0.29, 0.717) is 18.0 Å². The van der Waals surface area contributed by atoms with Gasteiger partial charge in [0.05, 0.1) is 31.0 Å². The summed E-state index contributed by atoms with van der Waals surface area (Å²) in [6.45, 7) is 1.05. The molecule has 2 aromatic rings. The molecular formula is C18H22N2O5. The molecule has 7 heteroatoms. The van der Waals surface area contributed by atoms with Crippen LogP contribution in [0.2, 0.25) is 0 Å². The smallest absolute Gasteiger partial charge is 0.356 e. The molecular weight excluding hydrogens is 324 g/mol. The van der Waals surface area contributed by atoms with Crippen LogP contribution in [0.15, 0.2) is 24.3 Å². The van der Waals surface area contributed by atoms with E-state index in [1.807, 2.05) is 24.3 Å². The maximum absolute atomic E-state index is 12.3. The molecule has 1 aliphatic heterocycles. The van der Waals surface area contributed by atoms with E-state index in [2.05, 4.69) is 5.32 Å². The van der Waals surface area contributed by atoms with E-state index in [0.717, 1.165) is 30.4 Å². The van der Waals surface area contributed by atoms with Crippen LogP contribution in [0.1, 0.15) is 23.3 Å². The van der Waals surface area contributed by atoms with E-state index in [1.165, 1.54) is 7.11 Å². The highest BCUT2D eigenvalue weighted by atomic mass is 16.5. The maximum Gasteiger partial charge on any atom is 0.356 e. The van der Waals surface area contributed by atoms with Crippen molar-refractivity contribution in [1.82, 2.24) is 4.57 Å². The van der Waals surface area contributed by atoms with E-state index >= 15 is 0 Å². The van der Waals surface area contributed by atoms with Gasteiger partial charge in [0.15, 0.2) is 5.69 Å². The normalized spacial score (nSPS) is 17.0. The molecule has 0 aliphatic carbocycles. The molecule has 25 heavy (non-hydrogen) atoms. The molecule has 0 bridgehead atoms. The lowest BCUT2D eigenvalue weighted by Gasteiger charge is -2.11. The third-order valence-electron chi connectivity index (χ3n) is 4.31. The van der Waals surface area contributed by atoms with Gasteiger partial charge in [0, 0.05) is 19.0 Å². The number of carbonyl (C=O) groups is 2. The lowest BCUT2D eigenvalue weighted by molar-refractivity contribution is -0.121. The minimum Gasteiger partial charge on any atom is -0.464 e. The van der Waals surface area contributed by atoms with Crippen LogP contribution >= 0.6 is 0 Å². The first-order chi connectivity index (χ1) is 12.1. The molecule has 0 radical (unpaired) electrons. The molecule has 3 rings (SSSR count). The second-order valence-electron chi connectivity index (χ2n) is 5.99. The van der Waals surface area contributed by atoms with Gasteiger partial charge in [-0.3, -0.25) is 4.79 Å².